The molecular formula is C21H19Cl2N3O3S2. The van der Waals surface area contributed by atoms with E-state index < -0.39 is 0 Å². The van der Waals surface area contributed by atoms with E-state index in [1.54, 1.807) is 18.2 Å². The van der Waals surface area contributed by atoms with Crippen LogP contribution in [-0.4, -0.2) is 41.8 Å². The highest BCUT2D eigenvalue weighted by Gasteiger charge is 2.17. The van der Waals surface area contributed by atoms with Gasteiger partial charge in [-0.3, -0.25) is 9.59 Å². The lowest BCUT2D eigenvalue weighted by molar-refractivity contribution is -0.119. The molecule has 1 aliphatic rings. The summed E-state index contributed by atoms with van der Waals surface area (Å²) in [6.07, 6.45) is 2.18. The third kappa shape index (κ3) is 5.90. The molecule has 0 spiro atoms. The second-order valence-corrected chi connectivity index (χ2v) is 10.1. The fraction of sp³-hybridized carbons (Fsp3) is 0.286. The van der Waals surface area contributed by atoms with Crippen LogP contribution in [0, 0.1) is 0 Å². The molecule has 0 saturated carbocycles. The predicted octanol–water partition coefficient (Wildman–Crippen LogP) is 5.24. The van der Waals surface area contributed by atoms with Crippen molar-refractivity contribution in [2.24, 2.45) is 0 Å². The van der Waals surface area contributed by atoms with Crippen LogP contribution in [0.1, 0.15) is 23.2 Å². The van der Waals surface area contributed by atoms with E-state index in [1.807, 2.05) is 12.1 Å². The second-order valence-electron chi connectivity index (χ2n) is 6.97. The zero-order valence-corrected chi connectivity index (χ0v) is 19.5. The minimum atomic E-state index is -0.317. The Hall–Kier alpha value is -1.84. The van der Waals surface area contributed by atoms with Crippen molar-refractivity contribution in [3.63, 3.8) is 0 Å². The van der Waals surface area contributed by atoms with Gasteiger partial charge in [-0.25, -0.2) is 4.98 Å². The number of thiazole rings is 1. The van der Waals surface area contributed by atoms with Gasteiger partial charge in [-0.1, -0.05) is 35.0 Å². The number of amides is 2. The highest BCUT2D eigenvalue weighted by atomic mass is 35.5. The summed E-state index contributed by atoms with van der Waals surface area (Å²) < 4.78 is 7.23. The van der Waals surface area contributed by atoms with Crippen molar-refractivity contribution in [3.8, 4) is 0 Å². The number of carbonyl (C=O) groups is 2. The summed E-state index contributed by atoms with van der Waals surface area (Å²) in [5.41, 5.74) is 1.80. The summed E-state index contributed by atoms with van der Waals surface area (Å²) in [7, 11) is 0. The standard InChI is InChI=1S/C21H19Cl2N3O3S2/c22-12-3-5-15(16(23)8-12)20(28)25-13-4-6-17-18(9-13)31-21(26-17)30-11-19(27)24-10-14-2-1-7-29-14/h3-6,8-9,14H,1-2,7,10-11H2,(H,24,27)(H,25,28)/t14-/m1/s1. The molecule has 0 bridgehead atoms. The molecule has 2 aromatic carbocycles. The largest absolute Gasteiger partial charge is 0.376 e. The number of nitrogens with zero attached hydrogens (tertiary/aromatic N) is 1. The van der Waals surface area contributed by atoms with Crippen molar-refractivity contribution in [1.29, 1.82) is 0 Å². The van der Waals surface area contributed by atoms with Gasteiger partial charge in [0.15, 0.2) is 4.34 Å². The molecule has 0 aliphatic carbocycles. The van der Waals surface area contributed by atoms with Gasteiger partial charge in [0.05, 0.1) is 32.7 Å². The lowest BCUT2D eigenvalue weighted by atomic mass is 10.2. The average molecular weight is 496 g/mol. The Kier molecular flexibility index (Phi) is 7.35. The van der Waals surface area contributed by atoms with Gasteiger partial charge in [0, 0.05) is 23.9 Å². The van der Waals surface area contributed by atoms with Gasteiger partial charge in [-0.2, -0.15) is 0 Å². The molecule has 4 rings (SSSR count). The SMILES string of the molecule is O=C(CSc1nc2ccc(NC(=O)c3ccc(Cl)cc3Cl)cc2s1)NC[C@H]1CCCO1. The molecule has 0 radical (unpaired) electrons. The number of aromatic nitrogens is 1. The maximum atomic E-state index is 12.5. The van der Waals surface area contributed by atoms with Crippen LogP contribution in [-0.2, 0) is 9.53 Å². The van der Waals surface area contributed by atoms with Crippen LogP contribution in [0.25, 0.3) is 10.2 Å². The summed E-state index contributed by atoms with van der Waals surface area (Å²) in [4.78, 5) is 29.1. The number of carbonyl (C=O) groups excluding carboxylic acids is 2. The maximum Gasteiger partial charge on any atom is 0.257 e. The lowest BCUT2D eigenvalue weighted by Crippen LogP contribution is -2.32. The van der Waals surface area contributed by atoms with E-state index in [0.29, 0.717) is 33.6 Å². The van der Waals surface area contributed by atoms with Crippen molar-refractivity contribution in [3.05, 3.63) is 52.0 Å². The number of nitrogens with one attached hydrogen (secondary N) is 2. The fourth-order valence-electron chi connectivity index (χ4n) is 3.13. The third-order valence-corrected chi connectivity index (χ3v) is 7.39. The van der Waals surface area contributed by atoms with Crippen molar-refractivity contribution in [2.75, 3.05) is 24.2 Å². The fourth-order valence-corrected chi connectivity index (χ4v) is 5.56. The molecular weight excluding hydrogens is 477 g/mol. The van der Waals surface area contributed by atoms with Gasteiger partial charge >= 0.3 is 0 Å². The topological polar surface area (TPSA) is 80.3 Å². The highest BCUT2D eigenvalue weighted by Crippen LogP contribution is 2.31. The van der Waals surface area contributed by atoms with Crippen LogP contribution >= 0.6 is 46.3 Å². The first-order chi connectivity index (χ1) is 15.0. The number of anilines is 1. The third-order valence-electron chi connectivity index (χ3n) is 4.68. The predicted molar refractivity (Wildman–Crippen MR) is 127 cm³/mol. The summed E-state index contributed by atoms with van der Waals surface area (Å²) >= 11 is 14.9. The molecule has 2 amide bonds. The molecule has 1 aromatic heterocycles. The van der Waals surface area contributed by atoms with Gasteiger partial charge in [0.25, 0.3) is 5.91 Å². The van der Waals surface area contributed by atoms with E-state index in [-0.39, 0.29) is 17.9 Å². The lowest BCUT2D eigenvalue weighted by Gasteiger charge is -2.09. The van der Waals surface area contributed by atoms with E-state index in [9.17, 15) is 9.59 Å². The number of rotatable bonds is 7. The summed E-state index contributed by atoms with van der Waals surface area (Å²) in [6.45, 7) is 1.33. The van der Waals surface area contributed by atoms with Crippen LogP contribution in [0.3, 0.4) is 0 Å². The Morgan fingerprint density at radius 3 is 2.87 bits per heavy atom. The van der Waals surface area contributed by atoms with Gasteiger partial charge in [-0.05, 0) is 49.2 Å². The van der Waals surface area contributed by atoms with Crippen LogP contribution in [0.2, 0.25) is 10.0 Å². The minimum Gasteiger partial charge on any atom is -0.376 e. The van der Waals surface area contributed by atoms with Crippen LogP contribution in [0.15, 0.2) is 40.7 Å². The minimum absolute atomic E-state index is 0.0347. The molecule has 1 aliphatic heterocycles. The van der Waals surface area contributed by atoms with E-state index in [2.05, 4.69) is 15.6 Å². The normalized spacial score (nSPS) is 15.9. The number of ether oxygens (including phenoxy) is 1. The zero-order valence-electron chi connectivity index (χ0n) is 16.3. The molecule has 3 aromatic rings. The van der Waals surface area contributed by atoms with E-state index in [1.165, 1.54) is 29.2 Å². The quantitative estimate of drug-likeness (QED) is 0.437. The van der Waals surface area contributed by atoms with Crippen molar-refractivity contribution in [1.82, 2.24) is 10.3 Å². The molecule has 2 N–H and O–H groups in total. The first kappa shape index (κ1) is 22.4. The molecule has 0 unspecified atom stereocenters. The summed E-state index contributed by atoms with van der Waals surface area (Å²) in [6, 6.07) is 10.2. The van der Waals surface area contributed by atoms with Gasteiger partial charge < -0.3 is 15.4 Å². The number of hydrogen-bond donors (Lipinski definition) is 2. The molecule has 162 valence electrons. The number of thioether (sulfide) groups is 1. The van der Waals surface area contributed by atoms with Crippen LogP contribution in [0.5, 0.6) is 0 Å². The summed E-state index contributed by atoms with van der Waals surface area (Å²) in [5.74, 6) is -0.0545. The number of hydrogen-bond acceptors (Lipinski definition) is 6. The zero-order chi connectivity index (χ0) is 21.8. The molecule has 31 heavy (non-hydrogen) atoms. The van der Waals surface area contributed by atoms with Crippen molar-refractivity contribution >= 4 is 74.0 Å². The Labute approximate surface area is 197 Å². The average Bonchev–Trinajstić information content (AvgIpc) is 3.39. The second kappa shape index (κ2) is 10.2. The Balaban J connectivity index is 1.35. The molecule has 10 heteroatoms. The highest BCUT2D eigenvalue weighted by molar-refractivity contribution is 8.01. The Morgan fingerprint density at radius 1 is 1.23 bits per heavy atom. The van der Waals surface area contributed by atoms with Crippen molar-refractivity contribution < 1.29 is 14.3 Å². The summed E-state index contributed by atoms with van der Waals surface area (Å²) in [5, 5.41) is 6.51. The molecule has 1 atom stereocenters. The van der Waals surface area contributed by atoms with Gasteiger partial charge in [0.2, 0.25) is 5.91 Å². The maximum absolute atomic E-state index is 12.5. The van der Waals surface area contributed by atoms with Crippen molar-refractivity contribution in [2.45, 2.75) is 23.3 Å². The van der Waals surface area contributed by atoms with E-state index in [4.69, 9.17) is 27.9 Å². The Bertz CT molecular complexity index is 1120. The molecule has 6 nitrogen and oxygen atoms in total. The van der Waals surface area contributed by atoms with E-state index in [0.717, 1.165) is 34.0 Å². The van der Waals surface area contributed by atoms with Gasteiger partial charge in [0.1, 0.15) is 0 Å². The molecule has 1 saturated heterocycles. The monoisotopic (exact) mass is 495 g/mol. The van der Waals surface area contributed by atoms with Crippen LogP contribution < -0.4 is 10.6 Å². The Morgan fingerprint density at radius 2 is 2.10 bits per heavy atom. The number of fused-ring (bicyclic) bond motifs is 1. The number of benzene rings is 2. The number of halogens is 2. The smallest absolute Gasteiger partial charge is 0.257 e. The van der Waals surface area contributed by atoms with E-state index >= 15 is 0 Å². The molecule has 1 fully saturated rings. The molecule has 2 heterocycles. The first-order valence-corrected chi connectivity index (χ1v) is 12.2. The first-order valence-electron chi connectivity index (χ1n) is 9.66. The van der Waals surface area contributed by atoms with Crippen LogP contribution in [0.4, 0.5) is 5.69 Å². The van der Waals surface area contributed by atoms with Gasteiger partial charge in [-0.15, -0.1) is 11.3 Å².